The molecule has 1 unspecified atom stereocenters. The van der Waals surface area contributed by atoms with Crippen LogP contribution in [0.5, 0.6) is 0 Å². The van der Waals surface area contributed by atoms with Crippen LogP contribution >= 0.6 is 0 Å². The van der Waals surface area contributed by atoms with Gasteiger partial charge in [0.25, 0.3) is 0 Å². The van der Waals surface area contributed by atoms with E-state index in [1.165, 1.54) is 4.90 Å². The van der Waals surface area contributed by atoms with Gasteiger partial charge in [0.2, 0.25) is 5.91 Å². The largest absolute Gasteiger partial charge is 0.366 e. The van der Waals surface area contributed by atoms with Gasteiger partial charge in [0.1, 0.15) is 12.6 Å². The first-order valence-electron chi connectivity index (χ1n) is 4.57. The van der Waals surface area contributed by atoms with Crippen molar-refractivity contribution in [1.29, 1.82) is 5.26 Å². The summed E-state index contributed by atoms with van der Waals surface area (Å²) in [6, 6.07) is 1.58. The van der Waals surface area contributed by atoms with Gasteiger partial charge in [-0.15, -0.1) is 0 Å². The van der Waals surface area contributed by atoms with Gasteiger partial charge in [-0.25, -0.2) is 0 Å². The molecule has 0 aliphatic rings. The molecule has 0 heterocycles. The van der Waals surface area contributed by atoms with Crippen LogP contribution in [-0.4, -0.2) is 36.1 Å². The normalized spacial score (nSPS) is 13.1. The fourth-order valence-corrected chi connectivity index (χ4v) is 0.683. The van der Waals surface area contributed by atoms with Crippen LogP contribution < -0.4 is 0 Å². The monoisotopic (exact) mass is 198 g/mol. The zero-order chi connectivity index (χ0) is 11.4. The van der Waals surface area contributed by atoms with E-state index >= 15 is 0 Å². The Morgan fingerprint density at radius 1 is 1.57 bits per heavy atom. The van der Waals surface area contributed by atoms with Crippen LogP contribution in [0.25, 0.3) is 0 Å². The van der Waals surface area contributed by atoms with Crippen molar-refractivity contribution in [3.8, 4) is 6.07 Å². The van der Waals surface area contributed by atoms with E-state index in [-0.39, 0.29) is 18.1 Å². The molecule has 0 aromatic heterocycles. The number of ether oxygens (including phenoxy) is 1. The van der Waals surface area contributed by atoms with Gasteiger partial charge in [-0.1, -0.05) is 0 Å². The number of carbonyl (C=O) groups is 1. The van der Waals surface area contributed by atoms with Crippen LogP contribution in [0.15, 0.2) is 0 Å². The van der Waals surface area contributed by atoms with E-state index in [1.54, 1.807) is 14.0 Å². The number of rotatable bonds is 3. The molecule has 0 fully saturated rings. The lowest BCUT2D eigenvalue weighted by Crippen LogP contribution is -2.38. The standard InChI is InChI=1S/C10H18N2O2/c1-8(6-11)12(5)9(13)7-14-10(2,3)4/h8H,7H2,1-5H3. The second-order valence-corrected chi connectivity index (χ2v) is 4.21. The molecule has 0 aromatic carbocycles. The number of nitrogens with zero attached hydrogens (tertiary/aromatic N) is 2. The summed E-state index contributed by atoms with van der Waals surface area (Å²) in [5.74, 6) is -0.172. The van der Waals surface area contributed by atoms with Crippen molar-refractivity contribution in [3.05, 3.63) is 0 Å². The Hall–Kier alpha value is -1.08. The molecule has 0 bridgehead atoms. The van der Waals surface area contributed by atoms with E-state index in [1.807, 2.05) is 26.8 Å². The summed E-state index contributed by atoms with van der Waals surface area (Å²) < 4.78 is 5.31. The van der Waals surface area contributed by atoms with Crippen molar-refractivity contribution in [3.63, 3.8) is 0 Å². The fraction of sp³-hybridized carbons (Fsp3) is 0.800. The van der Waals surface area contributed by atoms with E-state index in [0.29, 0.717) is 0 Å². The van der Waals surface area contributed by atoms with Crippen LogP contribution in [0, 0.1) is 11.3 Å². The van der Waals surface area contributed by atoms with Crippen LogP contribution in [0.4, 0.5) is 0 Å². The minimum atomic E-state index is -0.411. The molecule has 4 heteroatoms. The number of hydrogen-bond donors (Lipinski definition) is 0. The lowest BCUT2D eigenvalue weighted by Gasteiger charge is -2.23. The average molecular weight is 198 g/mol. The number of carbonyl (C=O) groups excluding carboxylic acids is 1. The van der Waals surface area contributed by atoms with Crippen LogP contribution in [0.3, 0.4) is 0 Å². The average Bonchev–Trinajstić information content (AvgIpc) is 2.10. The van der Waals surface area contributed by atoms with Crippen molar-refractivity contribution >= 4 is 5.91 Å². The summed E-state index contributed by atoms with van der Waals surface area (Å²) in [4.78, 5) is 12.8. The van der Waals surface area contributed by atoms with E-state index in [0.717, 1.165) is 0 Å². The SMILES string of the molecule is CC(C#N)N(C)C(=O)COC(C)(C)C. The zero-order valence-electron chi connectivity index (χ0n) is 9.50. The summed E-state index contributed by atoms with van der Waals surface area (Å²) in [5, 5.41) is 8.60. The third-order valence-electron chi connectivity index (χ3n) is 1.79. The summed E-state index contributed by atoms with van der Waals surface area (Å²) in [6.45, 7) is 7.34. The first-order valence-corrected chi connectivity index (χ1v) is 4.57. The minimum Gasteiger partial charge on any atom is -0.366 e. The van der Waals surface area contributed by atoms with Gasteiger partial charge in [0.15, 0.2) is 0 Å². The van der Waals surface area contributed by atoms with Gasteiger partial charge in [-0.3, -0.25) is 4.79 Å². The van der Waals surface area contributed by atoms with E-state index in [4.69, 9.17) is 10.00 Å². The van der Waals surface area contributed by atoms with Crippen molar-refractivity contribution < 1.29 is 9.53 Å². The highest BCUT2D eigenvalue weighted by molar-refractivity contribution is 5.77. The first kappa shape index (κ1) is 12.9. The third kappa shape index (κ3) is 4.83. The molecule has 0 aromatic rings. The van der Waals surface area contributed by atoms with Gasteiger partial charge in [0.05, 0.1) is 11.7 Å². The Kier molecular flexibility index (Phi) is 4.58. The Bertz CT molecular complexity index is 237. The highest BCUT2D eigenvalue weighted by Gasteiger charge is 2.18. The maximum atomic E-state index is 11.4. The summed E-state index contributed by atoms with van der Waals surface area (Å²) in [6.07, 6.45) is 0. The zero-order valence-corrected chi connectivity index (χ0v) is 9.50. The lowest BCUT2D eigenvalue weighted by molar-refractivity contribution is -0.140. The van der Waals surface area contributed by atoms with Crippen molar-refractivity contribution in [1.82, 2.24) is 4.90 Å². The van der Waals surface area contributed by atoms with Gasteiger partial charge in [-0.2, -0.15) is 5.26 Å². The molecule has 0 radical (unpaired) electrons. The number of hydrogen-bond acceptors (Lipinski definition) is 3. The van der Waals surface area contributed by atoms with Crippen LogP contribution in [0.2, 0.25) is 0 Å². The number of amides is 1. The topological polar surface area (TPSA) is 53.3 Å². The lowest BCUT2D eigenvalue weighted by atomic mass is 10.2. The highest BCUT2D eigenvalue weighted by Crippen LogP contribution is 2.07. The molecule has 0 saturated heterocycles. The molecule has 4 nitrogen and oxygen atoms in total. The smallest absolute Gasteiger partial charge is 0.249 e. The molecule has 0 N–H and O–H groups in total. The molecule has 0 aliphatic heterocycles. The molecule has 1 atom stereocenters. The molecular formula is C10H18N2O2. The maximum Gasteiger partial charge on any atom is 0.249 e. The second kappa shape index (κ2) is 4.97. The van der Waals surface area contributed by atoms with Crippen molar-refractivity contribution in [2.45, 2.75) is 39.3 Å². The Balaban J connectivity index is 4.05. The molecule has 0 aliphatic carbocycles. The molecule has 1 amide bonds. The molecule has 0 spiro atoms. The summed E-state index contributed by atoms with van der Waals surface area (Å²) >= 11 is 0. The number of nitriles is 1. The van der Waals surface area contributed by atoms with Gasteiger partial charge >= 0.3 is 0 Å². The second-order valence-electron chi connectivity index (χ2n) is 4.21. The molecule has 0 saturated carbocycles. The molecule has 0 rings (SSSR count). The predicted octanol–water partition coefficient (Wildman–Crippen LogP) is 1.17. The number of likely N-dealkylation sites (N-methyl/N-ethyl adjacent to an activating group) is 1. The van der Waals surface area contributed by atoms with Crippen LogP contribution in [0.1, 0.15) is 27.7 Å². The van der Waals surface area contributed by atoms with E-state index in [9.17, 15) is 4.79 Å². The molecule has 14 heavy (non-hydrogen) atoms. The van der Waals surface area contributed by atoms with Gasteiger partial charge in [-0.05, 0) is 27.7 Å². The van der Waals surface area contributed by atoms with Crippen molar-refractivity contribution in [2.75, 3.05) is 13.7 Å². The maximum absolute atomic E-state index is 11.4. The highest BCUT2D eigenvalue weighted by atomic mass is 16.5. The summed E-state index contributed by atoms with van der Waals surface area (Å²) in [7, 11) is 1.60. The Morgan fingerprint density at radius 3 is 2.43 bits per heavy atom. The third-order valence-corrected chi connectivity index (χ3v) is 1.79. The van der Waals surface area contributed by atoms with Crippen LogP contribution in [-0.2, 0) is 9.53 Å². The summed E-state index contributed by atoms with van der Waals surface area (Å²) in [5.41, 5.74) is -0.327. The van der Waals surface area contributed by atoms with Crippen molar-refractivity contribution in [2.24, 2.45) is 0 Å². The predicted molar refractivity (Wildman–Crippen MR) is 53.6 cm³/mol. The molecular weight excluding hydrogens is 180 g/mol. The van der Waals surface area contributed by atoms with Gasteiger partial charge in [0, 0.05) is 7.05 Å². The van der Waals surface area contributed by atoms with Gasteiger partial charge < -0.3 is 9.64 Å². The van der Waals surface area contributed by atoms with E-state index in [2.05, 4.69) is 0 Å². The Morgan fingerprint density at radius 2 is 2.07 bits per heavy atom. The Labute approximate surface area is 85.5 Å². The molecule has 80 valence electrons. The van der Waals surface area contributed by atoms with E-state index < -0.39 is 6.04 Å². The minimum absolute atomic E-state index is 0.0199. The quantitative estimate of drug-likeness (QED) is 0.684. The first-order chi connectivity index (χ1) is 6.28. The fourth-order valence-electron chi connectivity index (χ4n) is 0.683.